The van der Waals surface area contributed by atoms with Crippen molar-refractivity contribution in [2.45, 2.75) is 31.2 Å². The Balaban J connectivity index is 2.75. The van der Waals surface area contributed by atoms with E-state index in [0.717, 1.165) is 18.5 Å². The van der Waals surface area contributed by atoms with Crippen LogP contribution in [0.25, 0.3) is 0 Å². The highest BCUT2D eigenvalue weighted by molar-refractivity contribution is 7.89. The lowest BCUT2D eigenvalue weighted by Gasteiger charge is -2.17. The fourth-order valence-electron chi connectivity index (χ4n) is 2.04. The topological polar surface area (TPSA) is 67.4 Å². The average molecular weight is 300 g/mol. The maximum absolute atomic E-state index is 11.8. The molecule has 6 heteroatoms. The van der Waals surface area contributed by atoms with Gasteiger partial charge in [-0.2, -0.15) is 0 Å². The van der Waals surface area contributed by atoms with Crippen LogP contribution in [-0.2, 0) is 21.2 Å². The molecule has 0 aliphatic heterocycles. The Morgan fingerprint density at radius 2 is 1.80 bits per heavy atom. The summed E-state index contributed by atoms with van der Waals surface area (Å²) >= 11 is 0. The number of sulfonamides is 1. The molecule has 1 unspecified atom stereocenters. The Kier molecular flexibility index (Phi) is 7.15. The maximum atomic E-state index is 11.8. The summed E-state index contributed by atoms with van der Waals surface area (Å²) < 4.78 is 31.3. The highest BCUT2D eigenvalue weighted by atomic mass is 32.2. The lowest BCUT2D eigenvalue weighted by molar-refractivity contribution is 0.167. The number of hydrogen-bond donors (Lipinski definition) is 2. The van der Waals surface area contributed by atoms with Crippen LogP contribution >= 0.6 is 0 Å². The zero-order valence-corrected chi connectivity index (χ0v) is 13.2. The molecule has 0 spiro atoms. The molecule has 0 aliphatic carbocycles. The molecule has 1 aromatic carbocycles. The molecule has 0 amide bonds. The fraction of sp³-hybridized carbons (Fsp3) is 0.571. The zero-order chi connectivity index (χ0) is 15.0. The van der Waals surface area contributed by atoms with Gasteiger partial charge in [0.25, 0.3) is 0 Å². The van der Waals surface area contributed by atoms with Crippen LogP contribution in [0.15, 0.2) is 29.2 Å². The first-order valence-electron chi connectivity index (χ1n) is 6.84. The molecule has 0 saturated carbocycles. The van der Waals surface area contributed by atoms with Gasteiger partial charge in [0.05, 0.1) is 11.5 Å². The molecule has 1 atom stereocenters. The summed E-state index contributed by atoms with van der Waals surface area (Å²) in [5.74, 6) is 0. The second kappa shape index (κ2) is 8.36. The number of likely N-dealkylation sites (N-methyl/N-ethyl adjacent to an activating group) is 1. The van der Waals surface area contributed by atoms with Gasteiger partial charge < -0.3 is 10.1 Å². The van der Waals surface area contributed by atoms with E-state index in [4.69, 9.17) is 4.74 Å². The van der Waals surface area contributed by atoms with Gasteiger partial charge in [-0.25, -0.2) is 13.1 Å². The van der Waals surface area contributed by atoms with Gasteiger partial charge >= 0.3 is 0 Å². The van der Waals surface area contributed by atoms with Gasteiger partial charge in [-0.15, -0.1) is 0 Å². The van der Waals surface area contributed by atoms with Gasteiger partial charge in [-0.1, -0.05) is 26.0 Å². The molecule has 2 N–H and O–H groups in total. The summed E-state index contributed by atoms with van der Waals surface area (Å²) in [7, 11) is -1.69. The predicted octanol–water partition coefficient (Wildman–Crippen LogP) is 1.15. The molecule has 0 bridgehead atoms. The van der Waals surface area contributed by atoms with Crippen LogP contribution in [0.1, 0.15) is 19.4 Å². The first-order valence-corrected chi connectivity index (χ1v) is 8.32. The summed E-state index contributed by atoms with van der Waals surface area (Å²) in [6, 6.07) is 7.22. The molecule has 114 valence electrons. The smallest absolute Gasteiger partial charge is 0.240 e. The number of benzene rings is 1. The Hall–Kier alpha value is -0.950. The molecule has 0 aromatic heterocycles. The monoisotopic (exact) mass is 300 g/mol. The molecule has 0 radical (unpaired) electrons. The third kappa shape index (κ3) is 5.20. The van der Waals surface area contributed by atoms with E-state index in [0.29, 0.717) is 18.0 Å². The Morgan fingerprint density at radius 3 is 2.30 bits per heavy atom. The second-order valence-corrected chi connectivity index (χ2v) is 6.33. The Bertz CT molecular complexity index is 480. The largest absolute Gasteiger partial charge is 0.383 e. The maximum Gasteiger partial charge on any atom is 0.240 e. The van der Waals surface area contributed by atoms with E-state index in [2.05, 4.69) is 17.0 Å². The van der Waals surface area contributed by atoms with E-state index in [-0.39, 0.29) is 6.04 Å². The van der Waals surface area contributed by atoms with Crippen LogP contribution in [-0.4, -0.2) is 41.3 Å². The van der Waals surface area contributed by atoms with Crippen molar-refractivity contribution in [1.82, 2.24) is 10.0 Å². The summed E-state index contributed by atoms with van der Waals surface area (Å²) in [6.07, 6.45) is 0.809. The zero-order valence-electron chi connectivity index (χ0n) is 12.3. The van der Waals surface area contributed by atoms with Crippen molar-refractivity contribution in [3.8, 4) is 0 Å². The molecule has 0 fully saturated rings. The van der Waals surface area contributed by atoms with E-state index in [9.17, 15) is 8.42 Å². The highest BCUT2D eigenvalue weighted by Crippen LogP contribution is 2.12. The normalized spacial score (nSPS) is 13.3. The van der Waals surface area contributed by atoms with Gasteiger partial charge in [0.2, 0.25) is 10.0 Å². The molecular weight excluding hydrogens is 276 g/mol. The summed E-state index contributed by atoms with van der Waals surface area (Å²) in [4.78, 5) is 0.301. The SMILES string of the molecule is CCNC(COC)Cc1ccc(S(=O)(=O)NCC)cc1. The van der Waals surface area contributed by atoms with E-state index in [1.807, 2.05) is 12.1 Å². The highest BCUT2D eigenvalue weighted by Gasteiger charge is 2.13. The molecule has 1 rings (SSSR count). The van der Waals surface area contributed by atoms with Gasteiger partial charge in [-0.3, -0.25) is 0 Å². The standard InChI is InChI=1S/C14H24N2O3S/c1-4-15-13(11-19-3)10-12-6-8-14(9-7-12)20(17,18)16-5-2/h6-9,13,15-16H,4-5,10-11H2,1-3H3. The van der Waals surface area contributed by atoms with Gasteiger partial charge in [0.1, 0.15) is 0 Å². The molecule has 5 nitrogen and oxygen atoms in total. The number of nitrogens with one attached hydrogen (secondary N) is 2. The van der Waals surface area contributed by atoms with Gasteiger partial charge in [0.15, 0.2) is 0 Å². The van der Waals surface area contributed by atoms with Crippen molar-refractivity contribution < 1.29 is 13.2 Å². The van der Waals surface area contributed by atoms with Gasteiger partial charge in [-0.05, 0) is 30.7 Å². The quantitative estimate of drug-likeness (QED) is 0.718. The molecule has 0 saturated heterocycles. The minimum absolute atomic E-state index is 0.237. The third-order valence-electron chi connectivity index (χ3n) is 2.91. The van der Waals surface area contributed by atoms with Crippen LogP contribution < -0.4 is 10.0 Å². The fourth-order valence-corrected chi connectivity index (χ4v) is 3.08. The Labute approximate surface area is 121 Å². The minimum atomic E-state index is -3.37. The van der Waals surface area contributed by atoms with Crippen LogP contribution in [0.5, 0.6) is 0 Å². The van der Waals surface area contributed by atoms with Crippen LogP contribution in [0.2, 0.25) is 0 Å². The minimum Gasteiger partial charge on any atom is -0.383 e. The second-order valence-electron chi connectivity index (χ2n) is 4.56. The summed E-state index contributed by atoms with van der Waals surface area (Å²) in [6.45, 7) is 5.71. The van der Waals surface area contributed by atoms with Crippen LogP contribution in [0.4, 0.5) is 0 Å². The third-order valence-corrected chi connectivity index (χ3v) is 4.47. The Morgan fingerprint density at radius 1 is 1.15 bits per heavy atom. The lowest BCUT2D eigenvalue weighted by atomic mass is 10.1. The van der Waals surface area contributed by atoms with E-state index >= 15 is 0 Å². The number of rotatable bonds is 9. The van der Waals surface area contributed by atoms with Crippen LogP contribution in [0, 0.1) is 0 Å². The summed E-state index contributed by atoms with van der Waals surface area (Å²) in [5, 5.41) is 3.34. The molecule has 20 heavy (non-hydrogen) atoms. The van der Waals surface area contributed by atoms with Crippen molar-refractivity contribution in [3.05, 3.63) is 29.8 Å². The lowest BCUT2D eigenvalue weighted by Crippen LogP contribution is -2.35. The van der Waals surface area contributed by atoms with Crippen molar-refractivity contribution in [2.24, 2.45) is 0 Å². The van der Waals surface area contributed by atoms with E-state index in [1.165, 1.54) is 0 Å². The molecule has 0 aliphatic rings. The first-order chi connectivity index (χ1) is 9.53. The average Bonchev–Trinajstić information content (AvgIpc) is 2.40. The van der Waals surface area contributed by atoms with Crippen LogP contribution in [0.3, 0.4) is 0 Å². The summed E-state index contributed by atoms with van der Waals surface area (Å²) in [5.41, 5.74) is 1.09. The van der Waals surface area contributed by atoms with Gasteiger partial charge in [0, 0.05) is 19.7 Å². The number of ether oxygens (including phenoxy) is 1. The van der Waals surface area contributed by atoms with Crippen molar-refractivity contribution in [2.75, 3.05) is 26.8 Å². The predicted molar refractivity (Wildman–Crippen MR) is 80.3 cm³/mol. The first kappa shape index (κ1) is 17.1. The molecular formula is C14H24N2O3S. The number of hydrogen-bond acceptors (Lipinski definition) is 4. The number of methoxy groups -OCH3 is 1. The van der Waals surface area contributed by atoms with Crippen molar-refractivity contribution >= 4 is 10.0 Å². The van der Waals surface area contributed by atoms with E-state index in [1.54, 1.807) is 26.2 Å². The molecule has 0 heterocycles. The molecule has 1 aromatic rings. The van der Waals surface area contributed by atoms with E-state index < -0.39 is 10.0 Å². The van der Waals surface area contributed by atoms with Crippen molar-refractivity contribution in [3.63, 3.8) is 0 Å². The van der Waals surface area contributed by atoms with Crippen molar-refractivity contribution in [1.29, 1.82) is 0 Å².